The number of carboxylic acids is 1. The van der Waals surface area contributed by atoms with Crippen LogP contribution < -0.4 is 0 Å². The lowest BCUT2D eigenvalue weighted by molar-refractivity contribution is 0.0696. The van der Waals surface area contributed by atoms with Crippen LogP contribution in [0.4, 0.5) is 0 Å². The Morgan fingerprint density at radius 3 is 2.65 bits per heavy atom. The fourth-order valence-electron chi connectivity index (χ4n) is 4.04. The number of benzene rings is 1. The molecule has 20 heavy (non-hydrogen) atoms. The number of aromatic carboxylic acids is 1. The largest absolute Gasteiger partial charge is 0.478 e. The topological polar surface area (TPSA) is 40.5 Å². The van der Waals surface area contributed by atoms with Gasteiger partial charge in [-0.1, -0.05) is 31.4 Å². The van der Waals surface area contributed by atoms with E-state index in [0.717, 1.165) is 18.7 Å². The molecule has 1 aromatic rings. The van der Waals surface area contributed by atoms with Crippen LogP contribution in [0.25, 0.3) is 0 Å². The lowest BCUT2D eigenvalue weighted by Gasteiger charge is -2.42. The van der Waals surface area contributed by atoms with Crippen LogP contribution in [0, 0.1) is 0 Å². The molecule has 2 aliphatic rings. The maximum atomic E-state index is 11.1. The Morgan fingerprint density at radius 1 is 1.15 bits per heavy atom. The minimum absolute atomic E-state index is 0.402. The van der Waals surface area contributed by atoms with Gasteiger partial charge in [0, 0.05) is 12.1 Å². The van der Waals surface area contributed by atoms with Crippen LogP contribution in [0.1, 0.15) is 60.9 Å². The van der Waals surface area contributed by atoms with Crippen molar-refractivity contribution in [1.82, 2.24) is 4.90 Å². The second kappa shape index (κ2) is 5.57. The highest BCUT2D eigenvalue weighted by atomic mass is 16.4. The highest BCUT2D eigenvalue weighted by molar-refractivity contribution is 5.87. The van der Waals surface area contributed by atoms with Gasteiger partial charge in [0.05, 0.1) is 5.56 Å². The number of hydrogen-bond donors (Lipinski definition) is 1. The molecule has 0 unspecified atom stereocenters. The van der Waals surface area contributed by atoms with E-state index in [2.05, 4.69) is 11.0 Å². The monoisotopic (exact) mass is 273 g/mol. The molecule has 1 heterocycles. The van der Waals surface area contributed by atoms with E-state index in [1.807, 2.05) is 12.1 Å². The molecule has 0 amide bonds. The molecule has 1 aliphatic carbocycles. The van der Waals surface area contributed by atoms with E-state index in [0.29, 0.717) is 11.1 Å². The van der Waals surface area contributed by atoms with Gasteiger partial charge in [0.15, 0.2) is 0 Å². The van der Waals surface area contributed by atoms with Crippen LogP contribution in [0.3, 0.4) is 0 Å². The predicted octanol–water partition coefficient (Wildman–Crippen LogP) is 3.68. The number of carbonyl (C=O) groups is 1. The van der Waals surface area contributed by atoms with Crippen LogP contribution in [-0.4, -0.2) is 28.1 Å². The van der Waals surface area contributed by atoms with Crippen molar-refractivity contribution in [2.75, 3.05) is 6.54 Å². The predicted molar refractivity (Wildman–Crippen MR) is 78.9 cm³/mol. The molecule has 0 radical (unpaired) electrons. The number of rotatable bonds is 3. The first-order valence-electron chi connectivity index (χ1n) is 7.77. The zero-order chi connectivity index (χ0) is 14.0. The zero-order valence-electron chi connectivity index (χ0n) is 12.0. The van der Waals surface area contributed by atoms with E-state index in [-0.39, 0.29) is 0 Å². The molecule has 2 fully saturated rings. The van der Waals surface area contributed by atoms with E-state index in [4.69, 9.17) is 5.11 Å². The third-order valence-electron chi connectivity index (χ3n) is 5.07. The molecule has 0 atom stereocenters. The van der Waals surface area contributed by atoms with Crippen molar-refractivity contribution < 1.29 is 9.90 Å². The highest BCUT2D eigenvalue weighted by Crippen LogP contribution is 2.42. The number of nitrogens with zero attached hydrogens (tertiary/aromatic N) is 1. The van der Waals surface area contributed by atoms with E-state index in [1.165, 1.54) is 44.9 Å². The molecule has 1 saturated carbocycles. The van der Waals surface area contributed by atoms with Crippen molar-refractivity contribution in [1.29, 1.82) is 0 Å². The standard InChI is InChI=1S/C17H23NO2/c19-16(20)15-7-4-6-14(12-15)13-18-11-5-10-17(18)8-2-1-3-9-17/h4,6-7,12H,1-3,5,8-11,13H2,(H,19,20). The van der Waals surface area contributed by atoms with Gasteiger partial charge in [0.2, 0.25) is 0 Å². The average Bonchev–Trinajstić information content (AvgIpc) is 2.82. The summed E-state index contributed by atoms with van der Waals surface area (Å²) >= 11 is 0. The molecule has 1 saturated heterocycles. The maximum Gasteiger partial charge on any atom is 0.335 e. The molecule has 1 aromatic carbocycles. The molecule has 3 nitrogen and oxygen atoms in total. The molecule has 3 rings (SSSR count). The number of likely N-dealkylation sites (tertiary alicyclic amines) is 1. The quantitative estimate of drug-likeness (QED) is 0.913. The highest BCUT2D eigenvalue weighted by Gasteiger charge is 2.41. The maximum absolute atomic E-state index is 11.1. The SMILES string of the molecule is O=C(O)c1cccc(CN2CCCC23CCCCC3)c1. The third kappa shape index (κ3) is 2.59. The summed E-state index contributed by atoms with van der Waals surface area (Å²) < 4.78 is 0. The first-order chi connectivity index (χ1) is 9.70. The van der Waals surface area contributed by atoms with Crippen molar-refractivity contribution in [3.05, 3.63) is 35.4 Å². The summed E-state index contributed by atoms with van der Waals surface area (Å²) in [5.41, 5.74) is 1.95. The molecule has 108 valence electrons. The Morgan fingerprint density at radius 2 is 1.90 bits per heavy atom. The molecule has 1 aliphatic heterocycles. The first kappa shape index (κ1) is 13.6. The zero-order valence-corrected chi connectivity index (χ0v) is 12.0. The Kier molecular flexibility index (Phi) is 3.79. The molecule has 0 bridgehead atoms. The van der Waals surface area contributed by atoms with Gasteiger partial charge in [-0.15, -0.1) is 0 Å². The average molecular weight is 273 g/mol. The van der Waals surface area contributed by atoms with Crippen molar-refractivity contribution >= 4 is 5.97 Å². The minimum atomic E-state index is -0.833. The van der Waals surface area contributed by atoms with Crippen molar-refractivity contribution in [2.45, 2.75) is 57.0 Å². The first-order valence-corrected chi connectivity index (χ1v) is 7.77. The molecule has 0 aromatic heterocycles. The Balaban J connectivity index is 1.76. The van der Waals surface area contributed by atoms with Gasteiger partial charge in [0.1, 0.15) is 0 Å². The Hall–Kier alpha value is -1.35. The minimum Gasteiger partial charge on any atom is -0.478 e. The molecule has 1 N–H and O–H groups in total. The Labute approximate surface area is 120 Å². The van der Waals surface area contributed by atoms with E-state index < -0.39 is 5.97 Å². The van der Waals surface area contributed by atoms with E-state index in [1.54, 1.807) is 6.07 Å². The van der Waals surface area contributed by atoms with Crippen LogP contribution in [0.2, 0.25) is 0 Å². The van der Waals surface area contributed by atoms with Gasteiger partial charge in [-0.3, -0.25) is 4.90 Å². The second-order valence-electron chi connectivity index (χ2n) is 6.32. The van der Waals surface area contributed by atoms with Crippen LogP contribution in [-0.2, 0) is 6.54 Å². The molecule has 1 spiro atoms. The van der Waals surface area contributed by atoms with Gasteiger partial charge in [-0.25, -0.2) is 4.79 Å². The molecular formula is C17H23NO2. The summed E-state index contributed by atoms with van der Waals surface area (Å²) in [6, 6.07) is 7.42. The summed E-state index contributed by atoms with van der Waals surface area (Å²) in [4.78, 5) is 13.7. The van der Waals surface area contributed by atoms with Crippen molar-refractivity contribution in [3.63, 3.8) is 0 Å². The van der Waals surface area contributed by atoms with Crippen LogP contribution in [0.15, 0.2) is 24.3 Å². The molecular weight excluding hydrogens is 250 g/mol. The number of carboxylic acid groups (broad SMARTS) is 1. The summed E-state index contributed by atoms with van der Waals surface area (Å²) in [7, 11) is 0. The second-order valence-corrected chi connectivity index (χ2v) is 6.32. The Bertz CT molecular complexity index is 492. The van der Waals surface area contributed by atoms with Gasteiger partial charge >= 0.3 is 5.97 Å². The van der Waals surface area contributed by atoms with Crippen LogP contribution in [0.5, 0.6) is 0 Å². The molecule has 3 heteroatoms. The fourth-order valence-corrected chi connectivity index (χ4v) is 4.04. The normalized spacial score (nSPS) is 22.2. The van der Waals surface area contributed by atoms with Crippen LogP contribution >= 0.6 is 0 Å². The smallest absolute Gasteiger partial charge is 0.335 e. The van der Waals surface area contributed by atoms with Gasteiger partial charge < -0.3 is 5.11 Å². The summed E-state index contributed by atoms with van der Waals surface area (Å²) in [6.07, 6.45) is 9.35. The summed E-state index contributed by atoms with van der Waals surface area (Å²) in [5.74, 6) is -0.833. The summed E-state index contributed by atoms with van der Waals surface area (Å²) in [6.45, 7) is 2.07. The third-order valence-corrected chi connectivity index (χ3v) is 5.07. The summed E-state index contributed by atoms with van der Waals surface area (Å²) in [5, 5.41) is 9.10. The van der Waals surface area contributed by atoms with Crippen molar-refractivity contribution in [3.8, 4) is 0 Å². The fraction of sp³-hybridized carbons (Fsp3) is 0.588. The lowest BCUT2D eigenvalue weighted by atomic mass is 9.79. The van der Waals surface area contributed by atoms with E-state index in [9.17, 15) is 4.79 Å². The van der Waals surface area contributed by atoms with E-state index >= 15 is 0 Å². The van der Waals surface area contributed by atoms with Gasteiger partial charge in [-0.2, -0.15) is 0 Å². The lowest BCUT2D eigenvalue weighted by Crippen LogP contribution is -2.44. The van der Waals surface area contributed by atoms with Gasteiger partial charge in [0.25, 0.3) is 0 Å². The van der Waals surface area contributed by atoms with Crippen molar-refractivity contribution in [2.24, 2.45) is 0 Å². The van der Waals surface area contributed by atoms with Gasteiger partial charge in [-0.05, 0) is 49.9 Å². The number of hydrogen-bond acceptors (Lipinski definition) is 2.